The highest BCUT2D eigenvalue weighted by molar-refractivity contribution is 8.00. The van der Waals surface area contributed by atoms with Crippen molar-refractivity contribution in [2.24, 2.45) is 0 Å². The molecule has 0 bridgehead atoms. The molecule has 0 saturated carbocycles. The van der Waals surface area contributed by atoms with Crippen LogP contribution in [0.25, 0.3) is 5.76 Å². The number of anilines is 1. The van der Waals surface area contributed by atoms with Crippen molar-refractivity contribution in [3.63, 3.8) is 0 Å². The first-order valence-electron chi connectivity index (χ1n) is 13.6. The number of benzene rings is 3. The van der Waals surface area contributed by atoms with Gasteiger partial charge in [0.1, 0.15) is 24.7 Å². The first kappa shape index (κ1) is 29.0. The zero-order chi connectivity index (χ0) is 29.9. The minimum atomic E-state index is -0.979. The Morgan fingerprint density at radius 2 is 1.88 bits per heavy atom. The second-order valence-electron chi connectivity index (χ2n) is 9.68. The Hall–Kier alpha value is -4.06. The Kier molecular flexibility index (Phi) is 8.55. The van der Waals surface area contributed by atoms with Crippen LogP contribution in [0.4, 0.5) is 5.13 Å². The van der Waals surface area contributed by atoms with Crippen LogP contribution in [-0.2, 0) is 15.3 Å². The summed E-state index contributed by atoms with van der Waals surface area (Å²) in [6.45, 7) is 3.28. The molecule has 1 saturated heterocycles. The van der Waals surface area contributed by atoms with E-state index in [0.717, 1.165) is 12.0 Å². The smallest absolute Gasteiger partial charge is 0.301 e. The summed E-state index contributed by atoms with van der Waals surface area (Å²) in [4.78, 5) is 28.6. The molecule has 220 valence electrons. The normalized spacial score (nSPS) is 17.3. The fourth-order valence-electron chi connectivity index (χ4n) is 4.80. The summed E-state index contributed by atoms with van der Waals surface area (Å²) >= 11 is 8.92. The molecule has 2 aliphatic heterocycles. The third kappa shape index (κ3) is 5.93. The van der Waals surface area contributed by atoms with Crippen molar-refractivity contribution in [1.82, 2.24) is 10.2 Å². The van der Waals surface area contributed by atoms with Gasteiger partial charge in [0.15, 0.2) is 15.8 Å². The number of rotatable bonds is 9. The van der Waals surface area contributed by atoms with Gasteiger partial charge in [0.05, 0.1) is 18.2 Å². The Balaban J connectivity index is 1.40. The number of carbonyl (C=O) groups is 2. The topological polar surface area (TPSA) is 111 Å². The van der Waals surface area contributed by atoms with Gasteiger partial charge in [-0.15, -0.1) is 10.2 Å². The van der Waals surface area contributed by atoms with E-state index in [1.807, 2.05) is 31.2 Å². The van der Waals surface area contributed by atoms with E-state index in [9.17, 15) is 14.7 Å². The maximum Gasteiger partial charge on any atom is 0.301 e. The van der Waals surface area contributed by atoms with Gasteiger partial charge in [0, 0.05) is 16.3 Å². The van der Waals surface area contributed by atoms with E-state index in [1.54, 1.807) is 42.5 Å². The second-order valence-corrected chi connectivity index (χ2v) is 12.3. The van der Waals surface area contributed by atoms with E-state index in [1.165, 1.54) is 28.0 Å². The standard InChI is InChI=1S/C31H26ClN3O6S2/c1-2-12-39-21-8-5-7-18(15-21)26-25(27(36)19-10-11-23-24(16-19)41-14-13-40-23)28(37)29(38)35(26)30-33-34-31(43-30)42-17-20-6-3-4-9-22(20)32/h3-11,15-16,26,36H,2,12-14,17H2,1H3. The largest absolute Gasteiger partial charge is 0.507 e. The molecule has 0 aliphatic carbocycles. The lowest BCUT2D eigenvalue weighted by atomic mass is 9.95. The highest BCUT2D eigenvalue weighted by Gasteiger charge is 2.48. The van der Waals surface area contributed by atoms with Crippen LogP contribution in [0, 0.1) is 0 Å². The summed E-state index contributed by atoms with van der Waals surface area (Å²) in [5.41, 5.74) is 1.76. The molecule has 1 unspecified atom stereocenters. The minimum absolute atomic E-state index is 0.0743. The van der Waals surface area contributed by atoms with E-state index < -0.39 is 17.7 Å². The number of nitrogens with zero attached hydrogens (tertiary/aromatic N) is 3. The van der Waals surface area contributed by atoms with Gasteiger partial charge in [-0.3, -0.25) is 14.5 Å². The highest BCUT2D eigenvalue weighted by Crippen LogP contribution is 2.45. The van der Waals surface area contributed by atoms with Crippen LogP contribution in [0.3, 0.4) is 0 Å². The SMILES string of the molecule is CCCOc1cccc(C2C(=C(O)c3ccc4c(c3)OCCO4)C(=O)C(=O)N2c2nnc(SCc3ccccc3Cl)s2)c1. The lowest BCUT2D eigenvalue weighted by Crippen LogP contribution is -2.29. The molecule has 43 heavy (non-hydrogen) atoms. The molecule has 1 atom stereocenters. The van der Waals surface area contributed by atoms with E-state index in [0.29, 0.717) is 63.3 Å². The van der Waals surface area contributed by atoms with Crippen molar-refractivity contribution in [2.45, 2.75) is 29.5 Å². The van der Waals surface area contributed by atoms with Gasteiger partial charge in [-0.25, -0.2) is 0 Å². The monoisotopic (exact) mass is 635 g/mol. The molecule has 3 heterocycles. The van der Waals surface area contributed by atoms with Crippen molar-refractivity contribution in [3.8, 4) is 17.2 Å². The summed E-state index contributed by atoms with van der Waals surface area (Å²) in [6, 6.07) is 18.6. The third-order valence-corrected chi connectivity index (χ3v) is 9.29. The van der Waals surface area contributed by atoms with Crippen molar-refractivity contribution >= 4 is 57.3 Å². The molecule has 4 aromatic rings. The molecular weight excluding hydrogens is 610 g/mol. The summed E-state index contributed by atoms with van der Waals surface area (Å²) in [5.74, 6) is 0.132. The van der Waals surface area contributed by atoms with Crippen LogP contribution in [0.1, 0.15) is 36.1 Å². The number of aliphatic hydroxyl groups excluding tert-OH is 1. The number of ketones is 1. The number of aromatic nitrogens is 2. The number of thioether (sulfide) groups is 1. The number of ether oxygens (including phenoxy) is 3. The molecule has 6 rings (SSSR count). The van der Waals surface area contributed by atoms with Crippen molar-refractivity contribution in [1.29, 1.82) is 0 Å². The lowest BCUT2D eigenvalue weighted by molar-refractivity contribution is -0.132. The van der Waals surface area contributed by atoms with Gasteiger partial charge in [-0.2, -0.15) is 0 Å². The molecular formula is C31H26ClN3O6S2. The summed E-state index contributed by atoms with van der Waals surface area (Å²) in [7, 11) is 0. The second kappa shape index (κ2) is 12.7. The summed E-state index contributed by atoms with van der Waals surface area (Å²) < 4.78 is 17.7. The summed E-state index contributed by atoms with van der Waals surface area (Å²) in [5, 5.41) is 21.0. The highest BCUT2D eigenvalue weighted by atomic mass is 35.5. The van der Waals surface area contributed by atoms with Crippen LogP contribution in [-0.4, -0.2) is 46.8 Å². The molecule has 0 radical (unpaired) electrons. The predicted octanol–water partition coefficient (Wildman–Crippen LogP) is 6.67. The van der Waals surface area contributed by atoms with Crippen LogP contribution in [0.2, 0.25) is 5.02 Å². The van der Waals surface area contributed by atoms with Gasteiger partial charge in [0.25, 0.3) is 5.78 Å². The fraction of sp³-hybridized carbons (Fsp3) is 0.226. The Morgan fingerprint density at radius 3 is 2.70 bits per heavy atom. The zero-order valence-electron chi connectivity index (χ0n) is 23.0. The maximum atomic E-state index is 13.6. The van der Waals surface area contributed by atoms with E-state index in [2.05, 4.69) is 10.2 Å². The number of halogens is 1. The number of hydrogen-bond donors (Lipinski definition) is 1. The number of amides is 1. The van der Waals surface area contributed by atoms with E-state index in [-0.39, 0.29) is 16.5 Å². The van der Waals surface area contributed by atoms with Gasteiger partial charge in [-0.05, 0) is 53.9 Å². The lowest BCUT2D eigenvalue weighted by Gasteiger charge is -2.23. The van der Waals surface area contributed by atoms with Gasteiger partial charge < -0.3 is 19.3 Å². The Bertz CT molecular complexity index is 1730. The van der Waals surface area contributed by atoms with Gasteiger partial charge in [-0.1, -0.05) is 72.0 Å². The molecule has 9 nitrogen and oxygen atoms in total. The first-order chi connectivity index (χ1) is 20.9. The average molecular weight is 636 g/mol. The quantitative estimate of drug-likeness (QED) is 0.0708. The van der Waals surface area contributed by atoms with Gasteiger partial charge >= 0.3 is 5.91 Å². The molecule has 1 fully saturated rings. The van der Waals surface area contributed by atoms with Crippen LogP contribution in [0.15, 0.2) is 76.6 Å². The Morgan fingerprint density at radius 1 is 1.07 bits per heavy atom. The van der Waals surface area contributed by atoms with Crippen molar-refractivity contribution in [2.75, 3.05) is 24.7 Å². The number of hydrogen-bond acceptors (Lipinski definition) is 10. The molecule has 12 heteroatoms. The average Bonchev–Trinajstić information content (AvgIpc) is 3.60. The predicted molar refractivity (Wildman–Crippen MR) is 165 cm³/mol. The maximum absolute atomic E-state index is 13.6. The number of carbonyl (C=O) groups excluding carboxylic acids is 2. The zero-order valence-corrected chi connectivity index (χ0v) is 25.4. The fourth-order valence-corrected chi connectivity index (χ4v) is 6.95. The number of Topliss-reactive ketones (excluding diaryl/α,β-unsaturated/α-hetero) is 1. The van der Waals surface area contributed by atoms with Crippen LogP contribution < -0.4 is 19.1 Å². The van der Waals surface area contributed by atoms with Gasteiger partial charge in [0.2, 0.25) is 5.13 Å². The third-order valence-electron chi connectivity index (χ3n) is 6.82. The van der Waals surface area contributed by atoms with E-state index >= 15 is 0 Å². The van der Waals surface area contributed by atoms with E-state index in [4.69, 9.17) is 25.8 Å². The molecule has 1 amide bonds. The number of aliphatic hydroxyl groups is 1. The van der Waals surface area contributed by atoms with Crippen LogP contribution in [0.5, 0.6) is 17.2 Å². The molecule has 3 aromatic carbocycles. The molecule has 0 spiro atoms. The molecule has 1 N–H and O–H groups in total. The molecule has 2 aliphatic rings. The first-order valence-corrected chi connectivity index (χ1v) is 15.8. The Labute approximate surface area is 261 Å². The summed E-state index contributed by atoms with van der Waals surface area (Å²) in [6.07, 6.45) is 0.812. The van der Waals surface area contributed by atoms with Crippen LogP contribution >= 0.6 is 34.7 Å². The molecule has 1 aromatic heterocycles. The van der Waals surface area contributed by atoms with Crippen molar-refractivity contribution in [3.05, 3.63) is 94.0 Å². The van der Waals surface area contributed by atoms with Crippen molar-refractivity contribution < 1.29 is 28.9 Å². The minimum Gasteiger partial charge on any atom is -0.507 e. The number of fused-ring (bicyclic) bond motifs is 1.